The molecule has 3 rings (SSSR count). The van der Waals surface area contributed by atoms with Crippen LogP contribution in [0.2, 0.25) is 0 Å². The molecular formula is C13H14N2. The number of allylic oxidation sites excluding steroid dienone is 1. The SMILES string of the molecule is CC1=C(C)C2C(=N1)N(C)c1ccccc12. The van der Waals surface area contributed by atoms with Gasteiger partial charge in [-0.25, -0.2) is 4.99 Å². The number of anilines is 1. The Morgan fingerprint density at radius 1 is 1.20 bits per heavy atom. The summed E-state index contributed by atoms with van der Waals surface area (Å²) in [5.74, 6) is 1.59. The van der Waals surface area contributed by atoms with Crippen LogP contribution >= 0.6 is 0 Å². The van der Waals surface area contributed by atoms with E-state index in [1.807, 2.05) is 0 Å². The molecule has 2 heterocycles. The van der Waals surface area contributed by atoms with E-state index in [1.165, 1.54) is 28.4 Å². The minimum Gasteiger partial charge on any atom is -0.332 e. The van der Waals surface area contributed by atoms with Gasteiger partial charge >= 0.3 is 0 Å². The highest BCUT2D eigenvalue weighted by molar-refractivity contribution is 6.11. The summed E-state index contributed by atoms with van der Waals surface area (Å²) < 4.78 is 0. The number of fused-ring (bicyclic) bond motifs is 3. The van der Waals surface area contributed by atoms with E-state index in [0.717, 1.165) is 0 Å². The summed E-state index contributed by atoms with van der Waals surface area (Å²) in [5, 5.41) is 0. The largest absolute Gasteiger partial charge is 0.332 e. The number of para-hydroxylation sites is 1. The van der Waals surface area contributed by atoms with Crippen molar-refractivity contribution in [3.63, 3.8) is 0 Å². The minimum atomic E-state index is 0.409. The molecule has 0 amide bonds. The summed E-state index contributed by atoms with van der Waals surface area (Å²) in [5.41, 5.74) is 5.26. The Kier molecular flexibility index (Phi) is 1.58. The summed E-state index contributed by atoms with van der Waals surface area (Å²) in [6.45, 7) is 4.28. The monoisotopic (exact) mass is 198 g/mol. The van der Waals surface area contributed by atoms with Crippen molar-refractivity contribution in [1.82, 2.24) is 0 Å². The zero-order chi connectivity index (χ0) is 10.6. The second kappa shape index (κ2) is 2.72. The number of amidine groups is 1. The van der Waals surface area contributed by atoms with Gasteiger partial charge in [-0.2, -0.15) is 0 Å². The minimum absolute atomic E-state index is 0.409. The molecule has 76 valence electrons. The lowest BCUT2D eigenvalue weighted by Crippen LogP contribution is -2.22. The standard InChI is InChI=1S/C13H14N2/c1-8-9(2)14-13-12(8)10-6-4-5-7-11(10)15(13)3/h4-7,12H,1-3H3. The molecule has 0 saturated heterocycles. The number of rotatable bonds is 0. The quantitative estimate of drug-likeness (QED) is 0.625. The Morgan fingerprint density at radius 2 is 1.93 bits per heavy atom. The van der Waals surface area contributed by atoms with Crippen LogP contribution in [-0.2, 0) is 0 Å². The number of aliphatic imine (C=N–C) groups is 1. The Bertz CT molecular complexity index is 497. The molecule has 0 aromatic heterocycles. The van der Waals surface area contributed by atoms with Gasteiger partial charge in [-0.05, 0) is 31.1 Å². The molecule has 1 aromatic carbocycles. The molecule has 15 heavy (non-hydrogen) atoms. The molecule has 0 aliphatic carbocycles. The average Bonchev–Trinajstić information content (AvgIpc) is 2.68. The highest BCUT2D eigenvalue weighted by Crippen LogP contribution is 2.45. The fourth-order valence-electron chi connectivity index (χ4n) is 2.53. The molecule has 1 unspecified atom stereocenters. The molecule has 0 saturated carbocycles. The van der Waals surface area contributed by atoms with Gasteiger partial charge in [-0.15, -0.1) is 0 Å². The van der Waals surface area contributed by atoms with Crippen LogP contribution in [-0.4, -0.2) is 12.9 Å². The number of nitrogens with zero attached hydrogens (tertiary/aromatic N) is 2. The second-order valence-corrected chi connectivity index (χ2v) is 4.29. The van der Waals surface area contributed by atoms with Gasteiger partial charge in [0.15, 0.2) is 0 Å². The smallest absolute Gasteiger partial charge is 0.120 e. The molecular weight excluding hydrogens is 184 g/mol. The average molecular weight is 198 g/mol. The van der Waals surface area contributed by atoms with Crippen molar-refractivity contribution in [3.05, 3.63) is 41.1 Å². The molecule has 1 aromatic rings. The molecule has 1 atom stereocenters. The number of hydrogen-bond acceptors (Lipinski definition) is 2. The Balaban J connectivity index is 2.24. The summed E-state index contributed by atoms with van der Waals surface area (Å²) in [6.07, 6.45) is 0. The fraction of sp³-hybridized carbons (Fsp3) is 0.308. The van der Waals surface area contributed by atoms with Crippen molar-refractivity contribution in [2.24, 2.45) is 4.99 Å². The van der Waals surface area contributed by atoms with Crippen molar-refractivity contribution in [3.8, 4) is 0 Å². The second-order valence-electron chi connectivity index (χ2n) is 4.29. The van der Waals surface area contributed by atoms with Gasteiger partial charge in [0.05, 0.1) is 5.92 Å². The highest BCUT2D eigenvalue weighted by atomic mass is 15.2. The van der Waals surface area contributed by atoms with E-state index in [2.05, 4.69) is 55.1 Å². The third-order valence-corrected chi connectivity index (χ3v) is 3.50. The topological polar surface area (TPSA) is 15.6 Å². The molecule has 0 bridgehead atoms. The van der Waals surface area contributed by atoms with Gasteiger partial charge in [0.1, 0.15) is 5.84 Å². The Hall–Kier alpha value is -1.57. The molecule has 2 heteroatoms. The molecule has 2 nitrogen and oxygen atoms in total. The van der Waals surface area contributed by atoms with Gasteiger partial charge in [0.2, 0.25) is 0 Å². The van der Waals surface area contributed by atoms with E-state index in [4.69, 9.17) is 0 Å². The van der Waals surface area contributed by atoms with Crippen LogP contribution < -0.4 is 4.90 Å². The zero-order valence-electron chi connectivity index (χ0n) is 9.28. The van der Waals surface area contributed by atoms with Gasteiger partial charge < -0.3 is 4.90 Å². The lowest BCUT2D eigenvalue weighted by Gasteiger charge is -2.12. The first-order chi connectivity index (χ1) is 7.20. The maximum absolute atomic E-state index is 4.65. The maximum atomic E-state index is 4.65. The summed E-state index contributed by atoms with van der Waals surface area (Å²) in [4.78, 5) is 6.86. The third-order valence-electron chi connectivity index (χ3n) is 3.50. The fourth-order valence-corrected chi connectivity index (χ4v) is 2.53. The van der Waals surface area contributed by atoms with Crippen molar-refractivity contribution < 1.29 is 0 Å². The molecule has 2 aliphatic heterocycles. The highest BCUT2D eigenvalue weighted by Gasteiger charge is 2.37. The number of likely N-dealkylation sites (N-methyl/N-ethyl adjacent to an activating group) is 1. The van der Waals surface area contributed by atoms with Crippen LogP contribution in [0, 0.1) is 0 Å². The molecule has 2 aliphatic rings. The summed E-state index contributed by atoms with van der Waals surface area (Å²) in [7, 11) is 2.10. The summed E-state index contributed by atoms with van der Waals surface area (Å²) in [6, 6.07) is 8.57. The van der Waals surface area contributed by atoms with Crippen LogP contribution in [0.4, 0.5) is 5.69 Å². The molecule has 0 N–H and O–H groups in total. The summed E-state index contributed by atoms with van der Waals surface area (Å²) >= 11 is 0. The Labute approximate surface area is 89.9 Å². The van der Waals surface area contributed by atoms with E-state index in [0.29, 0.717) is 5.92 Å². The van der Waals surface area contributed by atoms with Gasteiger partial charge in [0.25, 0.3) is 0 Å². The van der Waals surface area contributed by atoms with Crippen LogP contribution in [0.25, 0.3) is 0 Å². The van der Waals surface area contributed by atoms with E-state index in [1.54, 1.807) is 0 Å². The van der Waals surface area contributed by atoms with Gasteiger partial charge in [0, 0.05) is 18.4 Å². The molecule has 0 spiro atoms. The van der Waals surface area contributed by atoms with Crippen LogP contribution in [0.5, 0.6) is 0 Å². The van der Waals surface area contributed by atoms with Crippen LogP contribution in [0.15, 0.2) is 40.5 Å². The predicted octanol–water partition coefficient (Wildman–Crippen LogP) is 2.93. The van der Waals surface area contributed by atoms with Crippen molar-refractivity contribution in [1.29, 1.82) is 0 Å². The number of hydrogen-bond donors (Lipinski definition) is 0. The van der Waals surface area contributed by atoms with Crippen molar-refractivity contribution >= 4 is 11.5 Å². The van der Waals surface area contributed by atoms with E-state index < -0.39 is 0 Å². The maximum Gasteiger partial charge on any atom is 0.120 e. The zero-order valence-corrected chi connectivity index (χ0v) is 9.28. The van der Waals surface area contributed by atoms with Crippen LogP contribution in [0.1, 0.15) is 25.3 Å². The first-order valence-electron chi connectivity index (χ1n) is 5.29. The van der Waals surface area contributed by atoms with Gasteiger partial charge in [-0.1, -0.05) is 18.2 Å². The van der Waals surface area contributed by atoms with E-state index in [-0.39, 0.29) is 0 Å². The normalized spacial score (nSPS) is 23.0. The van der Waals surface area contributed by atoms with Crippen LogP contribution in [0.3, 0.4) is 0 Å². The van der Waals surface area contributed by atoms with Crippen molar-refractivity contribution in [2.45, 2.75) is 19.8 Å². The third kappa shape index (κ3) is 0.965. The number of benzene rings is 1. The molecule has 0 fully saturated rings. The predicted molar refractivity (Wildman–Crippen MR) is 63.4 cm³/mol. The first kappa shape index (κ1) is 8.72. The lowest BCUT2D eigenvalue weighted by atomic mass is 9.94. The van der Waals surface area contributed by atoms with E-state index in [9.17, 15) is 0 Å². The molecule has 0 radical (unpaired) electrons. The van der Waals surface area contributed by atoms with E-state index >= 15 is 0 Å². The lowest BCUT2D eigenvalue weighted by molar-refractivity contribution is 1.07. The van der Waals surface area contributed by atoms with Gasteiger partial charge in [-0.3, -0.25) is 0 Å². The first-order valence-corrected chi connectivity index (χ1v) is 5.29. The Morgan fingerprint density at radius 3 is 2.73 bits per heavy atom. The van der Waals surface area contributed by atoms with Crippen molar-refractivity contribution in [2.75, 3.05) is 11.9 Å².